The minimum atomic E-state index is 0.0546. The minimum Gasteiger partial charge on any atom is -0.395 e. The van der Waals surface area contributed by atoms with E-state index in [-0.39, 0.29) is 13.2 Å². The van der Waals surface area contributed by atoms with E-state index >= 15 is 0 Å². The monoisotopic (exact) mass is 399 g/mol. The van der Waals surface area contributed by atoms with E-state index in [0.29, 0.717) is 13.1 Å². The quantitative estimate of drug-likeness (QED) is 0.268. The maximum Gasteiger partial charge on any atom is 0.213 e. The summed E-state index contributed by atoms with van der Waals surface area (Å²) in [6, 6.07) is 25.4. The van der Waals surface area contributed by atoms with E-state index in [0.717, 1.165) is 17.8 Å². The highest BCUT2D eigenvalue weighted by atomic mass is 16.3. The van der Waals surface area contributed by atoms with Crippen molar-refractivity contribution >= 4 is 27.5 Å². The first kappa shape index (κ1) is 20.1. The van der Waals surface area contributed by atoms with Crippen LogP contribution >= 0.6 is 0 Å². The SMILES string of the molecule is C=CC[n+]1c2ccccc2c(-c2ccc(N(CCO)CCO)cc2)c2ccccc21. The van der Waals surface area contributed by atoms with Crippen LogP contribution in [0, 0.1) is 0 Å². The van der Waals surface area contributed by atoms with Gasteiger partial charge in [0.25, 0.3) is 0 Å². The molecule has 30 heavy (non-hydrogen) atoms. The van der Waals surface area contributed by atoms with E-state index in [1.807, 2.05) is 11.0 Å². The van der Waals surface area contributed by atoms with Crippen LogP contribution in [0.5, 0.6) is 0 Å². The van der Waals surface area contributed by atoms with Gasteiger partial charge in [-0.2, -0.15) is 4.57 Å². The topological polar surface area (TPSA) is 47.6 Å². The first-order valence-electron chi connectivity index (χ1n) is 10.3. The number of aliphatic hydroxyl groups excluding tert-OH is 2. The van der Waals surface area contributed by atoms with Crippen molar-refractivity contribution < 1.29 is 14.8 Å². The largest absolute Gasteiger partial charge is 0.395 e. The fourth-order valence-electron chi connectivity index (χ4n) is 4.20. The van der Waals surface area contributed by atoms with E-state index in [1.54, 1.807) is 0 Å². The fourth-order valence-corrected chi connectivity index (χ4v) is 4.20. The lowest BCUT2D eigenvalue weighted by Gasteiger charge is -2.23. The summed E-state index contributed by atoms with van der Waals surface area (Å²) in [7, 11) is 0. The van der Waals surface area contributed by atoms with Crippen LogP contribution in [0.25, 0.3) is 32.9 Å². The first-order chi connectivity index (χ1) is 14.8. The van der Waals surface area contributed by atoms with Crippen LogP contribution in [-0.2, 0) is 6.54 Å². The summed E-state index contributed by atoms with van der Waals surface area (Å²) >= 11 is 0. The Hall–Kier alpha value is -3.21. The summed E-state index contributed by atoms with van der Waals surface area (Å²) in [5.41, 5.74) is 5.71. The number of aromatic nitrogens is 1. The predicted molar refractivity (Wildman–Crippen MR) is 124 cm³/mol. The van der Waals surface area contributed by atoms with Gasteiger partial charge in [-0.3, -0.25) is 0 Å². The molecule has 152 valence electrons. The third-order valence-corrected chi connectivity index (χ3v) is 5.50. The molecule has 0 spiro atoms. The molecule has 0 saturated carbocycles. The Morgan fingerprint density at radius 3 is 1.80 bits per heavy atom. The number of fused-ring (bicyclic) bond motifs is 2. The van der Waals surface area contributed by atoms with Gasteiger partial charge in [0.1, 0.15) is 0 Å². The molecule has 4 rings (SSSR count). The molecule has 3 aromatic carbocycles. The zero-order valence-corrected chi connectivity index (χ0v) is 17.0. The van der Waals surface area contributed by atoms with Crippen molar-refractivity contribution in [2.75, 3.05) is 31.2 Å². The molecule has 0 bridgehead atoms. The van der Waals surface area contributed by atoms with E-state index in [4.69, 9.17) is 0 Å². The summed E-state index contributed by atoms with van der Waals surface area (Å²) in [4.78, 5) is 1.99. The van der Waals surface area contributed by atoms with Crippen LogP contribution in [-0.4, -0.2) is 36.5 Å². The minimum absolute atomic E-state index is 0.0546. The van der Waals surface area contributed by atoms with Crippen molar-refractivity contribution in [2.24, 2.45) is 0 Å². The van der Waals surface area contributed by atoms with Crippen LogP contribution in [0.15, 0.2) is 85.5 Å². The van der Waals surface area contributed by atoms with E-state index in [1.165, 1.54) is 27.4 Å². The van der Waals surface area contributed by atoms with Gasteiger partial charge in [-0.15, -0.1) is 0 Å². The first-order valence-corrected chi connectivity index (χ1v) is 10.3. The molecule has 0 aliphatic rings. The number of benzene rings is 3. The number of anilines is 1. The van der Waals surface area contributed by atoms with Gasteiger partial charge in [-0.05, 0) is 35.9 Å². The van der Waals surface area contributed by atoms with Gasteiger partial charge >= 0.3 is 0 Å². The van der Waals surface area contributed by atoms with Crippen molar-refractivity contribution in [3.8, 4) is 11.1 Å². The summed E-state index contributed by atoms with van der Waals surface area (Å²) in [6.07, 6.45) is 1.93. The van der Waals surface area contributed by atoms with Crippen LogP contribution in [0.2, 0.25) is 0 Å². The number of aliphatic hydroxyl groups is 2. The maximum absolute atomic E-state index is 9.33. The fraction of sp³-hybridized carbons (Fsp3) is 0.192. The Morgan fingerprint density at radius 2 is 1.30 bits per heavy atom. The molecule has 0 atom stereocenters. The van der Waals surface area contributed by atoms with Crippen molar-refractivity contribution in [3.05, 3.63) is 85.5 Å². The third-order valence-electron chi connectivity index (χ3n) is 5.50. The highest BCUT2D eigenvalue weighted by molar-refractivity contribution is 6.07. The van der Waals surface area contributed by atoms with Gasteiger partial charge < -0.3 is 15.1 Å². The van der Waals surface area contributed by atoms with Crippen molar-refractivity contribution in [3.63, 3.8) is 0 Å². The summed E-state index contributed by atoms with van der Waals surface area (Å²) < 4.78 is 2.31. The molecule has 4 nitrogen and oxygen atoms in total. The summed E-state index contributed by atoms with van der Waals surface area (Å²) in [5.74, 6) is 0. The summed E-state index contributed by atoms with van der Waals surface area (Å²) in [5, 5.41) is 21.1. The predicted octanol–water partition coefficient (Wildman–Crippen LogP) is 3.92. The second kappa shape index (κ2) is 9.08. The molecule has 0 unspecified atom stereocenters. The molecule has 1 heterocycles. The number of allylic oxidation sites excluding steroid dienone is 1. The molecule has 0 amide bonds. The Bertz CT molecular complexity index is 1110. The molecule has 4 aromatic rings. The Morgan fingerprint density at radius 1 is 0.767 bits per heavy atom. The Balaban J connectivity index is 1.92. The average molecular weight is 400 g/mol. The lowest BCUT2D eigenvalue weighted by molar-refractivity contribution is -0.634. The van der Waals surface area contributed by atoms with Gasteiger partial charge in [0.2, 0.25) is 11.0 Å². The molecule has 0 aliphatic carbocycles. The average Bonchev–Trinajstić information content (AvgIpc) is 2.79. The number of para-hydroxylation sites is 2. The van der Waals surface area contributed by atoms with Crippen molar-refractivity contribution in [1.29, 1.82) is 0 Å². The molecular formula is C26H27N2O2+. The van der Waals surface area contributed by atoms with Crippen molar-refractivity contribution in [2.45, 2.75) is 6.54 Å². The second-order valence-corrected chi connectivity index (χ2v) is 7.29. The van der Waals surface area contributed by atoms with Crippen LogP contribution in [0.1, 0.15) is 0 Å². The molecule has 0 saturated heterocycles. The number of pyridine rings is 1. The number of nitrogens with zero attached hydrogens (tertiary/aromatic N) is 2. The highest BCUT2D eigenvalue weighted by Crippen LogP contribution is 2.34. The van der Waals surface area contributed by atoms with Gasteiger partial charge in [0.05, 0.1) is 24.0 Å². The molecule has 0 radical (unpaired) electrons. The lowest BCUT2D eigenvalue weighted by Crippen LogP contribution is -2.34. The Kier molecular flexibility index (Phi) is 6.07. The number of rotatable bonds is 8. The van der Waals surface area contributed by atoms with Gasteiger partial charge in [0, 0.05) is 36.5 Å². The second-order valence-electron chi connectivity index (χ2n) is 7.29. The van der Waals surface area contributed by atoms with E-state index in [9.17, 15) is 10.2 Å². The van der Waals surface area contributed by atoms with Crippen LogP contribution in [0.4, 0.5) is 5.69 Å². The third kappa shape index (κ3) is 3.67. The van der Waals surface area contributed by atoms with E-state index < -0.39 is 0 Å². The van der Waals surface area contributed by atoms with E-state index in [2.05, 4.69) is 83.9 Å². The zero-order valence-electron chi connectivity index (χ0n) is 17.0. The molecular weight excluding hydrogens is 372 g/mol. The maximum atomic E-state index is 9.33. The van der Waals surface area contributed by atoms with Crippen LogP contribution < -0.4 is 9.47 Å². The smallest absolute Gasteiger partial charge is 0.213 e. The molecule has 0 fully saturated rings. The summed E-state index contributed by atoms with van der Waals surface area (Å²) in [6.45, 7) is 5.80. The van der Waals surface area contributed by atoms with Gasteiger partial charge in [0.15, 0.2) is 6.54 Å². The standard InChI is InChI=1S/C26H27N2O2/c1-2-15-28-24-9-5-3-7-22(24)26(23-8-4-6-10-25(23)28)20-11-13-21(14-12-20)27(16-18-29)17-19-30/h2-14,29-30H,1,15-19H2/q+1. The van der Waals surface area contributed by atoms with Gasteiger partial charge in [-0.1, -0.05) is 43.0 Å². The zero-order chi connectivity index (χ0) is 20.9. The van der Waals surface area contributed by atoms with Crippen molar-refractivity contribution in [1.82, 2.24) is 0 Å². The molecule has 4 heteroatoms. The number of hydrogen-bond acceptors (Lipinski definition) is 3. The highest BCUT2D eigenvalue weighted by Gasteiger charge is 2.20. The van der Waals surface area contributed by atoms with Gasteiger partial charge in [-0.25, -0.2) is 0 Å². The lowest BCUT2D eigenvalue weighted by atomic mass is 9.95. The number of hydrogen-bond donors (Lipinski definition) is 2. The molecule has 1 aromatic heterocycles. The molecule has 2 N–H and O–H groups in total. The molecule has 0 aliphatic heterocycles. The normalized spacial score (nSPS) is 11.1. The van der Waals surface area contributed by atoms with Crippen LogP contribution in [0.3, 0.4) is 0 Å². The Labute approximate surface area is 176 Å².